The molecule has 1 saturated carbocycles. The van der Waals surface area contributed by atoms with Crippen LogP contribution in [0.25, 0.3) is 0 Å². The van der Waals surface area contributed by atoms with Crippen molar-refractivity contribution in [2.45, 2.75) is 44.2 Å². The van der Waals surface area contributed by atoms with E-state index in [2.05, 4.69) is 36.5 Å². The van der Waals surface area contributed by atoms with E-state index in [4.69, 9.17) is 0 Å². The molecule has 38 heavy (non-hydrogen) atoms. The number of carbonyl (C=O) groups excluding carboxylic acids is 2. The topological polar surface area (TPSA) is 90.0 Å². The van der Waals surface area contributed by atoms with Crippen LogP contribution in [-0.4, -0.2) is 92.4 Å². The third-order valence-electron chi connectivity index (χ3n) is 7.54. The first-order valence-corrected chi connectivity index (χ1v) is 15.0. The highest BCUT2D eigenvalue weighted by Gasteiger charge is 2.38. The molecule has 1 N–H and O–H groups in total. The first-order valence-electron chi connectivity index (χ1n) is 13.1. The quantitative estimate of drug-likeness (QED) is 0.465. The molecule has 2 aromatic carbocycles. The largest absolute Gasteiger partial charge is 0.338 e. The fourth-order valence-corrected chi connectivity index (χ4v) is 5.88. The Kier molecular flexibility index (Phi) is 8.85. The Morgan fingerprint density at radius 1 is 1.05 bits per heavy atom. The van der Waals surface area contributed by atoms with Crippen molar-refractivity contribution in [3.8, 4) is 0 Å². The second kappa shape index (κ2) is 11.9. The van der Waals surface area contributed by atoms with Crippen molar-refractivity contribution in [3.05, 3.63) is 71.0 Å². The van der Waals surface area contributed by atoms with Crippen molar-refractivity contribution in [2.24, 2.45) is 0 Å². The minimum absolute atomic E-state index is 0.194. The number of likely N-dealkylation sites (N-methyl/N-ethyl adjacent to an activating group) is 1. The summed E-state index contributed by atoms with van der Waals surface area (Å²) in [6.07, 6.45) is 3.40. The summed E-state index contributed by atoms with van der Waals surface area (Å²) in [6.45, 7) is 3.82. The fraction of sp³-hybridized carbons (Fsp3) is 0.500. The summed E-state index contributed by atoms with van der Waals surface area (Å²) in [4.78, 5) is 29.8. The lowest BCUT2D eigenvalue weighted by atomic mass is 10.1. The number of carbonyl (C=O) groups is 2. The molecule has 0 radical (unpaired) electrons. The van der Waals surface area contributed by atoms with E-state index in [-0.39, 0.29) is 38.0 Å². The summed E-state index contributed by atoms with van der Waals surface area (Å²) in [5.74, 6) is -0.481. The summed E-state index contributed by atoms with van der Waals surface area (Å²) in [5.41, 5.74) is 2.89. The Morgan fingerprint density at radius 3 is 2.29 bits per heavy atom. The van der Waals surface area contributed by atoms with Crippen LogP contribution in [0.3, 0.4) is 0 Å². The van der Waals surface area contributed by atoms with E-state index < -0.39 is 21.9 Å². The normalized spacial score (nSPS) is 20.7. The van der Waals surface area contributed by atoms with Crippen LogP contribution in [0.1, 0.15) is 46.7 Å². The first kappa shape index (κ1) is 28.2. The molecule has 2 fully saturated rings. The number of piperazine rings is 1. The lowest BCUT2D eigenvalue weighted by Gasteiger charge is -2.37. The molecule has 0 bridgehead atoms. The Balaban J connectivity index is 1.37. The Bertz CT molecular complexity index is 1230. The number of nitrogens with one attached hydrogen (secondary N) is 1. The smallest absolute Gasteiger partial charge is 0.254 e. The highest BCUT2D eigenvalue weighted by atomic mass is 32.2. The predicted octanol–water partition coefficient (Wildman–Crippen LogP) is 2.60. The van der Waals surface area contributed by atoms with Gasteiger partial charge in [0.2, 0.25) is 15.9 Å². The van der Waals surface area contributed by atoms with Crippen molar-refractivity contribution in [1.29, 1.82) is 0 Å². The number of aryl methyl sites for hydroxylation is 1. The van der Waals surface area contributed by atoms with E-state index in [1.165, 1.54) is 50.9 Å². The van der Waals surface area contributed by atoms with Gasteiger partial charge < -0.3 is 15.1 Å². The standard InChI is InChI=1S/C28H37FN4O4S/c1-20-6-8-21(9-7-20)24-19-25(24)30-14-4-5-26(31(2)27(34)22-10-12-23(29)13-11-22)28(35)32-15-17-33(18-16-32)38(3,36)37/h6-13,24-26,30H,4-5,14-19H2,1-3H3/t24-,25?,26-/m0/s1. The van der Waals surface area contributed by atoms with E-state index in [1.807, 2.05) is 0 Å². The average Bonchev–Trinajstić information content (AvgIpc) is 3.67. The number of nitrogens with zero attached hydrogens (tertiary/aromatic N) is 3. The molecule has 8 nitrogen and oxygen atoms in total. The number of benzene rings is 2. The zero-order valence-corrected chi connectivity index (χ0v) is 23.1. The molecule has 206 valence electrons. The molecule has 4 rings (SSSR count). The van der Waals surface area contributed by atoms with Crippen LogP contribution in [0.4, 0.5) is 4.39 Å². The highest BCUT2D eigenvalue weighted by molar-refractivity contribution is 7.88. The minimum atomic E-state index is -3.32. The number of halogens is 1. The monoisotopic (exact) mass is 544 g/mol. The lowest BCUT2D eigenvalue weighted by molar-refractivity contribution is -0.137. The van der Waals surface area contributed by atoms with Crippen LogP contribution in [0.2, 0.25) is 0 Å². The summed E-state index contributed by atoms with van der Waals surface area (Å²) in [6, 6.07) is 13.6. The second-order valence-corrected chi connectivity index (χ2v) is 12.4. The SMILES string of the molecule is Cc1ccc([C@@H]2CC2NCCC[C@@H](C(=O)N2CCN(S(C)(=O)=O)CC2)N(C)C(=O)c2ccc(F)cc2)cc1. The zero-order chi connectivity index (χ0) is 27.4. The van der Waals surface area contributed by atoms with Gasteiger partial charge in [0.25, 0.3) is 5.91 Å². The van der Waals surface area contributed by atoms with Crippen molar-refractivity contribution in [1.82, 2.24) is 19.4 Å². The Labute approximate surface area is 224 Å². The molecule has 2 aliphatic rings. The Morgan fingerprint density at radius 2 is 1.68 bits per heavy atom. The molecular formula is C28H37FN4O4S. The van der Waals surface area contributed by atoms with Gasteiger partial charge in [0.15, 0.2) is 0 Å². The van der Waals surface area contributed by atoms with Crippen molar-refractivity contribution in [2.75, 3.05) is 46.0 Å². The number of rotatable bonds is 10. The molecule has 10 heteroatoms. The maximum atomic E-state index is 13.6. The van der Waals surface area contributed by atoms with E-state index in [9.17, 15) is 22.4 Å². The van der Waals surface area contributed by atoms with E-state index in [0.717, 1.165) is 13.0 Å². The van der Waals surface area contributed by atoms with Gasteiger partial charge in [-0.3, -0.25) is 9.59 Å². The average molecular weight is 545 g/mol. The van der Waals surface area contributed by atoms with Crippen molar-refractivity contribution in [3.63, 3.8) is 0 Å². The minimum Gasteiger partial charge on any atom is -0.338 e. The maximum absolute atomic E-state index is 13.6. The van der Waals surface area contributed by atoms with Gasteiger partial charge in [0.1, 0.15) is 11.9 Å². The first-order chi connectivity index (χ1) is 18.0. The molecule has 1 saturated heterocycles. The highest BCUT2D eigenvalue weighted by Crippen LogP contribution is 2.40. The van der Waals surface area contributed by atoms with Gasteiger partial charge in [-0.05, 0) is 62.6 Å². The summed E-state index contributed by atoms with van der Waals surface area (Å²) in [7, 11) is -1.72. The number of amides is 2. The zero-order valence-electron chi connectivity index (χ0n) is 22.3. The van der Waals surface area contributed by atoms with Gasteiger partial charge in [0, 0.05) is 50.7 Å². The van der Waals surface area contributed by atoms with Gasteiger partial charge in [-0.25, -0.2) is 12.8 Å². The summed E-state index contributed by atoms with van der Waals surface area (Å²) < 4.78 is 38.5. The van der Waals surface area contributed by atoms with Crippen molar-refractivity contribution >= 4 is 21.8 Å². The van der Waals surface area contributed by atoms with Gasteiger partial charge in [-0.15, -0.1) is 0 Å². The lowest BCUT2D eigenvalue weighted by Crippen LogP contribution is -2.56. The molecule has 1 aliphatic carbocycles. The third kappa shape index (κ3) is 6.98. The van der Waals surface area contributed by atoms with Crippen LogP contribution in [-0.2, 0) is 14.8 Å². The molecule has 3 atom stereocenters. The third-order valence-corrected chi connectivity index (χ3v) is 8.84. The van der Waals surface area contributed by atoms with Crippen LogP contribution < -0.4 is 5.32 Å². The molecule has 0 aromatic heterocycles. The van der Waals surface area contributed by atoms with E-state index >= 15 is 0 Å². The predicted molar refractivity (Wildman–Crippen MR) is 145 cm³/mol. The van der Waals surface area contributed by atoms with Crippen LogP contribution >= 0.6 is 0 Å². The van der Waals surface area contributed by atoms with E-state index in [0.29, 0.717) is 30.4 Å². The fourth-order valence-electron chi connectivity index (χ4n) is 5.06. The maximum Gasteiger partial charge on any atom is 0.254 e. The van der Waals surface area contributed by atoms with Crippen LogP contribution in [0.5, 0.6) is 0 Å². The molecule has 1 unspecified atom stereocenters. The summed E-state index contributed by atoms with van der Waals surface area (Å²) in [5, 5.41) is 3.58. The van der Waals surface area contributed by atoms with Crippen molar-refractivity contribution < 1.29 is 22.4 Å². The second-order valence-electron chi connectivity index (χ2n) is 10.4. The van der Waals surface area contributed by atoms with Gasteiger partial charge >= 0.3 is 0 Å². The van der Waals surface area contributed by atoms with Gasteiger partial charge in [-0.1, -0.05) is 29.8 Å². The van der Waals surface area contributed by atoms with Crippen LogP contribution in [0, 0.1) is 12.7 Å². The van der Waals surface area contributed by atoms with Crippen LogP contribution in [0.15, 0.2) is 48.5 Å². The molecule has 1 heterocycles. The number of hydrogen-bond acceptors (Lipinski definition) is 5. The molecule has 1 aliphatic heterocycles. The molecule has 0 spiro atoms. The molecular weight excluding hydrogens is 507 g/mol. The van der Waals surface area contributed by atoms with E-state index in [1.54, 1.807) is 11.9 Å². The molecule has 2 aromatic rings. The molecule has 2 amide bonds. The van der Waals surface area contributed by atoms with Gasteiger partial charge in [-0.2, -0.15) is 4.31 Å². The number of sulfonamides is 1. The van der Waals surface area contributed by atoms with Gasteiger partial charge in [0.05, 0.1) is 6.26 Å². The Hall–Kier alpha value is -2.82. The summed E-state index contributed by atoms with van der Waals surface area (Å²) >= 11 is 0. The number of hydrogen-bond donors (Lipinski definition) is 1.